The maximum Gasteiger partial charge on any atom is 0.410 e. The molecule has 1 amide bonds. The molecule has 2 rings (SSSR count). The summed E-state index contributed by atoms with van der Waals surface area (Å²) in [5.74, 6) is 0.376. The molecule has 1 aromatic rings. The highest BCUT2D eigenvalue weighted by Gasteiger charge is 2.26. The number of halogens is 1. The molecule has 8 heteroatoms. The molecule has 0 spiro atoms. The lowest BCUT2D eigenvalue weighted by Gasteiger charge is -2.36. The lowest BCUT2D eigenvalue weighted by Crippen LogP contribution is -2.53. The van der Waals surface area contributed by atoms with Crippen molar-refractivity contribution in [3.05, 3.63) is 35.9 Å². The fourth-order valence-electron chi connectivity index (χ4n) is 2.74. The highest BCUT2D eigenvalue weighted by atomic mass is 127. The van der Waals surface area contributed by atoms with E-state index in [4.69, 9.17) is 10.5 Å². The third kappa shape index (κ3) is 7.53. The smallest absolute Gasteiger partial charge is 0.410 e. The average Bonchev–Trinajstić information content (AvgIpc) is 2.61. The Kier molecular flexibility index (Phi) is 9.31. The number of aliphatic imine (C=N–C) groups is 1. The molecule has 0 bridgehead atoms. The fourth-order valence-corrected chi connectivity index (χ4v) is 2.74. The first kappa shape index (κ1) is 23.5. The third-order valence-electron chi connectivity index (χ3n) is 4.22. The normalized spacial score (nSPS) is 16.5. The summed E-state index contributed by atoms with van der Waals surface area (Å²) >= 11 is 0. The maximum atomic E-state index is 12.1. The molecule has 1 atom stereocenters. The van der Waals surface area contributed by atoms with E-state index in [9.17, 15) is 9.90 Å². The van der Waals surface area contributed by atoms with Crippen molar-refractivity contribution in [2.24, 2.45) is 10.7 Å². The van der Waals surface area contributed by atoms with E-state index in [0.29, 0.717) is 38.7 Å². The Morgan fingerprint density at radius 3 is 2.26 bits per heavy atom. The molecule has 1 heterocycles. The zero-order chi connectivity index (χ0) is 19.2. The first-order valence-corrected chi connectivity index (χ1v) is 8.99. The number of hydrogen-bond donors (Lipinski definition) is 2. The highest BCUT2D eigenvalue weighted by Crippen LogP contribution is 2.15. The van der Waals surface area contributed by atoms with Gasteiger partial charge in [-0.1, -0.05) is 30.3 Å². The van der Waals surface area contributed by atoms with Crippen LogP contribution in [0.25, 0.3) is 0 Å². The van der Waals surface area contributed by atoms with Crippen LogP contribution in [0.5, 0.6) is 0 Å². The van der Waals surface area contributed by atoms with Gasteiger partial charge in [0.1, 0.15) is 5.60 Å². The number of rotatable bonds is 4. The Morgan fingerprint density at radius 1 is 1.19 bits per heavy atom. The van der Waals surface area contributed by atoms with Gasteiger partial charge in [0.15, 0.2) is 5.96 Å². The van der Waals surface area contributed by atoms with Crippen LogP contribution in [0.15, 0.2) is 35.3 Å². The van der Waals surface area contributed by atoms with Gasteiger partial charge in [0.25, 0.3) is 0 Å². The van der Waals surface area contributed by atoms with Crippen molar-refractivity contribution in [3.63, 3.8) is 0 Å². The largest absolute Gasteiger partial charge is 0.444 e. The first-order chi connectivity index (χ1) is 12.3. The highest BCUT2D eigenvalue weighted by molar-refractivity contribution is 14.0. The van der Waals surface area contributed by atoms with Crippen molar-refractivity contribution >= 4 is 36.0 Å². The molecule has 0 radical (unpaired) electrons. The molecule has 1 aromatic carbocycles. The molecule has 1 saturated heterocycles. The predicted molar refractivity (Wildman–Crippen MR) is 118 cm³/mol. The molecule has 1 aliphatic rings. The Bertz CT molecular complexity index is 611. The standard InChI is InChI=1S/C19H30N4O3.HI/c1-19(2,3)26-18(25)23-11-9-22(10-12-23)17(20)21-13-16(14-24)15-7-5-4-6-8-15;/h4-8,16,24H,9-14H2,1-3H3,(H2,20,21);1H. The number of benzene rings is 1. The molecule has 1 fully saturated rings. The second kappa shape index (κ2) is 10.7. The van der Waals surface area contributed by atoms with E-state index in [2.05, 4.69) is 4.99 Å². The van der Waals surface area contributed by atoms with E-state index in [0.717, 1.165) is 5.56 Å². The molecule has 0 aromatic heterocycles. The van der Waals surface area contributed by atoms with Crippen molar-refractivity contribution in [1.29, 1.82) is 0 Å². The molecule has 152 valence electrons. The van der Waals surface area contributed by atoms with Crippen LogP contribution in [0.1, 0.15) is 32.3 Å². The van der Waals surface area contributed by atoms with Gasteiger partial charge < -0.3 is 25.4 Å². The zero-order valence-corrected chi connectivity index (χ0v) is 18.6. The molecule has 27 heavy (non-hydrogen) atoms. The van der Waals surface area contributed by atoms with E-state index in [1.807, 2.05) is 56.0 Å². The summed E-state index contributed by atoms with van der Waals surface area (Å²) < 4.78 is 5.39. The van der Waals surface area contributed by atoms with Gasteiger partial charge in [-0.05, 0) is 26.3 Å². The van der Waals surface area contributed by atoms with Gasteiger partial charge in [-0.2, -0.15) is 0 Å². The van der Waals surface area contributed by atoms with Crippen LogP contribution in [0.3, 0.4) is 0 Å². The van der Waals surface area contributed by atoms with E-state index in [1.54, 1.807) is 4.90 Å². The summed E-state index contributed by atoms with van der Waals surface area (Å²) in [7, 11) is 0. The van der Waals surface area contributed by atoms with Crippen molar-refractivity contribution in [3.8, 4) is 0 Å². The predicted octanol–water partition coefficient (Wildman–Crippen LogP) is 2.25. The van der Waals surface area contributed by atoms with E-state index < -0.39 is 5.60 Å². The maximum absolute atomic E-state index is 12.1. The molecule has 1 aliphatic heterocycles. The summed E-state index contributed by atoms with van der Waals surface area (Å²) in [6, 6.07) is 9.79. The Labute approximate surface area is 178 Å². The van der Waals surface area contributed by atoms with Crippen LogP contribution in [-0.2, 0) is 4.74 Å². The minimum Gasteiger partial charge on any atom is -0.444 e. The second-order valence-corrected chi connectivity index (χ2v) is 7.44. The topological polar surface area (TPSA) is 91.4 Å². The summed E-state index contributed by atoms with van der Waals surface area (Å²) in [4.78, 5) is 20.2. The summed E-state index contributed by atoms with van der Waals surface area (Å²) in [5, 5.41) is 9.61. The minimum atomic E-state index is -0.495. The van der Waals surface area contributed by atoms with Crippen LogP contribution in [0, 0.1) is 0 Å². The van der Waals surface area contributed by atoms with Crippen molar-refractivity contribution < 1.29 is 14.6 Å². The second-order valence-electron chi connectivity index (χ2n) is 7.44. The molecule has 7 nitrogen and oxygen atoms in total. The Morgan fingerprint density at radius 2 is 1.74 bits per heavy atom. The number of hydrogen-bond acceptors (Lipinski definition) is 4. The number of piperazine rings is 1. The number of carbonyl (C=O) groups excluding carboxylic acids is 1. The van der Waals surface area contributed by atoms with Gasteiger partial charge in [-0.25, -0.2) is 4.79 Å². The van der Waals surface area contributed by atoms with Crippen LogP contribution >= 0.6 is 24.0 Å². The zero-order valence-electron chi connectivity index (χ0n) is 16.3. The van der Waals surface area contributed by atoms with Crippen LogP contribution in [-0.4, -0.2) is 71.9 Å². The molecule has 0 saturated carbocycles. The number of ether oxygens (including phenoxy) is 1. The lowest BCUT2D eigenvalue weighted by atomic mass is 10.0. The first-order valence-electron chi connectivity index (χ1n) is 8.99. The number of aliphatic hydroxyl groups excluding tert-OH is 1. The van der Waals surface area contributed by atoms with Gasteiger partial charge in [-0.3, -0.25) is 4.99 Å². The van der Waals surface area contributed by atoms with Crippen LogP contribution in [0.4, 0.5) is 4.79 Å². The lowest BCUT2D eigenvalue weighted by molar-refractivity contribution is 0.0186. The molecular weight excluding hydrogens is 459 g/mol. The van der Waals surface area contributed by atoms with Gasteiger partial charge in [-0.15, -0.1) is 24.0 Å². The monoisotopic (exact) mass is 490 g/mol. The van der Waals surface area contributed by atoms with Gasteiger partial charge in [0.05, 0.1) is 13.2 Å². The average molecular weight is 490 g/mol. The number of amides is 1. The van der Waals surface area contributed by atoms with Gasteiger partial charge >= 0.3 is 6.09 Å². The number of guanidine groups is 1. The van der Waals surface area contributed by atoms with Gasteiger partial charge in [0, 0.05) is 32.1 Å². The van der Waals surface area contributed by atoms with Crippen molar-refractivity contribution in [2.45, 2.75) is 32.3 Å². The molecule has 1 unspecified atom stereocenters. The molecule has 3 N–H and O–H groups in total. The number of carbonyl (C=O) groups is 1. The summed E-state index contributed by atoms with van der Waals surface area (Å²) in [5.41, 5.74) is 6.66. The number of aliphatic hydroxyl groups is 1. The minimum absolute atomic E-state index is 0. The fraction of sp³-hybridized carbons (Fsp3) is 0.579. The molecule has 0 aliphatic carbocycles. The van der Waals surface area contributed by atoms with Crippen molar-refractivity contribution in [2.75, 3.05) is 39.3 Å². The summed E-state index contributed by atoms with van der Waals surface area (Å²) in [6.07, 6.45) is -0.294. The number of nitrogens with zero attached hydrogens (tertiary/aromatic N) is 3. The van der Waals surface area contributed by atoms with Crippen molar-refractivity contribution in [1.82, 2.24) is 9.80 Å². The van der Waals surface area contributed by atoms with Gasteiger partial charge in [0.2, 0.25) is 0 Å². The van der Waals surface area contributed by atoms with E-state index in [1.165, 1.54) is 0 Å². The molecular formula is C19H31IN4O3. The Balaban J connectivity index is 0.00000364. The third-order valence-corrected chi connectivity index (χ3v) is 4.22. The van der Waals surface area contributed by atoms with E-state index in [-0.39, 0.29) is 42.6 Å². The van der Waals surface area contributed by atoms with E-state index >= 15 is 0 Å². The Hall–Kier alpha value is -1.55. The number of nitrogens with two attached hydrogens (primary N) is 1. The SMILES string of the molecule is CC(C)(C)OC(=O)N1CCN(C(N)=NCC(CO)c2ccccc2)CC1.I. The summed E-state index contributed by atoms with van der Waals surface area (Å²) in [6.45, 7) is 8.35. The van der Waals surface area contributed by atoms with Crippen LogP contribution < -0.4 is 5.73 Å². The quantitative estimate of drug-likeness (QED) is 0.384. The van der Waals surface area contributed by atoms with Crippen LogP contribution in [0.2, 0.25) is 0 Å².